The molecule has 5 aromatic rings. The van der Waals surface area contributed by atoms with Gasteiger partial charge in [0.05, 0.1) is 42.6 Å². The number of halogens is 1. The number of aromatic hydroxyl groups is 1. The van der Waals surface area contributed by atoms with Crippen molar-refractivity contribution in [3.8, 4) is 22.8 Å². The molecule has 0 radical (unpaired) electrons. The summed E-state index contributed by atoms with van der Waals surface area (Å²) in [6.45, 7) is 0.435. The van der Waals surface area contributed by atoms with Crippen molar-refractivity contribution in [1.82, 2.24) is 19.3 Å². The molecule has 5 aromatic heterocycles. The summed E-state index contributed by atoms with van der Waals surface area (Å²) < 4.78 is 19.0. The largest absolute Gasteiger partial charge is 0.503 e. The molecule has 0 bridgehead atoms. The Labute approximate surface area is 212 Å². The highest BCUT2D eigenvalue weighted by molar-refractivity contribution is 7.16. The van der Waals surface area contributed by atoms with Gasteiger partial charge in [0.1, 0.15) is 11.5 Å². The van der Waals surface area contributed by atoms with Crippen LogP contribution in [0, 0.1) is 0 Å². The Kier molecular flexibility index (Phi) is 6.36. The fourth-order valence-electron chi connectivity index (χ4n) is 3.57. The van der Waals surface area contributed by atoms with Gasteiger partial charge in [-0.05, 0) is 30.3 Å². The number of aromatic nitrogens is 4. The quantitative estimate of drug-likeness (QED) is 0.306. The molecular weight excluding hydrogens is 510 g/mol. The Balaban J connectivity index is 1.58. The zero-order valence-corrected chi connectivity index (χ0v) is 20.2. The average Bonchev–Trinajstić information content (AvgIpc) is 3.68. The Hall–Kier alpha value is -4.29. The summed E-state index contributed by atoms with van der Waals surface area (Å²) in [6, 6.07) is 8.54. The number of rotatable bonds is 8. The van der Waals surface area contributed by atoms with Gasteiger partial charge >= 0.3 is 5.91 Å². The summed E-state index contributed by atoms with van der Waals surface area (Å²) >= 11 is 7.40. The highest BCUT2D eigenvalue weighted by Gasteiger charge is 2.28. The van der Waals surface area contributed by atoms with Crippen LogP contribution in [0.15, 0.2) is 69.0 Å². The fourth-order valence-corrected chi connectivity index (χ4v) is 4.59. The van der Waals surface area contributed by atoms with Crippen LogP contribution in [-0.4, -0.2) is 37.5 Å². The minimum absolute atomic E-state index is 0.0630. The van der Waals surface area contributed by atoms with Crippen molar-refractivity contribution in [1.29, 1.82) is 0 Å². The van der Waals surface area contributed by atoms with Crippen molar-refractivity contribution < 1.29 is 23.5 Å². The van der Waals surface area contributed by atoms with E-state index in [1.54, 1.807) is 18.2 Å². The normalized spacial score (nSPS) is 11.1. The second kappa shape index (κ2) is 9.76. The van der Waals surface area contributed by atoms with Crippen LogP contribution in [0.4, 0.5) is 5.82 Å². The van der Waals surface area contributed by atoms with Crippen LogP contribution >= 0.6 is 22.9 Å². The van der Waals surface area contributed by atoms with Gasteiger partial charge in [-0.25, -0.2) is 4.98 Å². The topological polar surface area (TPSA) is 138 Å². The van der Waals surface area contributed by atoms with Crippen LogP contribution in [0.5, 0.6) is 11.5 Å². The number of nitrogens with zero attached hydrogens (tertiary/aromatic N) is 4. The molecule has 0 amide bonds. The van der Waals surface area contributed by atoms with E-state index in [9.17, 15) is 14.7 Å². The molecule has 5 rings (SSSR count). The van der Waals surface area contributed by atoms with Gasteiger partial charge in [-0.15, -0.1) is 11.3 Å². The second-order valence-corrected chi connectivity index (χ2v) is 9.26. The molecule has 0 saturated carbocycles. The third-order valence-corrected chi connectivity index (χ3v) is 6.47. The molecule has 2 N–H and O–H groups in total. The van der Waals surface area contributed by atoms with Gasteiger partial charge < -0.3 is 28.6 Å². The SMILES string of the molecule is COc1c(-c2ccn(Cc3ccco3)c(=O)c2O)nn(C(=O)c2cnco2)c1NCc1ccc(Cl)s1. The van der Waals surface area contributed by atoms with Crippen LogP contribution in [0.3, 0.4) is 0 Å². The lowest BCUT2D eigenvalue weighted by Crippen LogP contribution is -2.20. The van der Waals surface area contributed by atoms with Gasteiger partial charge in [0.25, 0.3) is 5.56 Å². The number of furan rings is 1. The molecule has 0 atom stereocenters. The van der Waals surface area contributed by atoms with Crippen molar-refractivity contribution in [2.45, 2.75) is 13.1 Å². The van der Waals surface area contributed by atoms with E-state index in [-0.39, 0.29) is 35.1 Å². The van der Waals surface area contributed by atoms with E-state index in [0.29, 0.717) is 16.6 Å². The van der Waals surface area contributed by atoms with Gasteiger partial charge in [-0.3, -0.25) is 9.59 Å². The number of pyridine rings is 1. The second-order valence-electron chi connectivity index (χ2n) is 7.46. The molecular formula is C23H18ClN5O6S. The molecule has 0 saturated heterocycles. The molecule has 11 nitrogen and oxygen atoms in total. The van der Waals surface area contributed by atoms with Crippen molar-refractivity contribution in [3.05, 3.63) is 86.5 Å². The third kappa shape index (κ3) is 4.39. The molecule has 184 valence electrons. The monoisotopic (exact) mass is 527 g/mol. The first kappa shape index (κ1) is 23.5. The lowest BCUT2D eigenvalue weighted by Gasteiger charge is -2.10. The van der Waals surface area contributed by atoms with E-state index in [2.05, 4.69) is 15.4 Å². The number of ether oxygens (including phenoxy) is 1. The van der Waals surface area contributed by atoms with Gasteiger partial charge in [0.15, 0.2) is 23.7 Å². The van der Waals surface area contributed by atoms with Crippen LogP contribution in [-0.2, 0) is 13.1 Å². The highest BCUT2D eigenvalue weighted by Crippen LogP contribution is 2.39. The summed E-state index contributed by atoms with van der Waals surface area (Å²) in [5.41, 5.74) is -0.500. The number of oxazole rings is 1. The zero-order valence-electron chi connectivity index (χ0n) is 18.7. The first-order chi connectivity index (χ1) is 17.5. The molecule has 0 aliphatic heterocycles. The van der Waals surface area contributed by atoms with E-state index in [0.717, 1.165) is 16.0 Å². The maximum atomic E-state index is 13.2. The molecule has 0 unspecified atom stereocenters. The summed E-state index contributed by atoms with van der Waals surface area (Å²) in [7, 11) is 1.39. The zero-order chi connectivity index (χ0) is 25.2. The molecule has 13 heteroatoms. The number of carbonyl (C=O) groups is 1. The summed E-state index contributed by atoms with van der Waals surface area (Å²) in [5.74, 6) is -0.373. The molecule has 36 heavy (non-hydrogen) atoms. The lowest BCUT2D eigenvalue weighted by molar-refractivity contribution is 0.0919. The Morgan fingerprint density at radius 3 is 2.81 bits per heavy atom. The lowest BCUT2D eigenvalue weighted by atomic mass is 10.1. The minimum Gasteiger partial charge on any atom is -0.503 e. The molecule has 0 spiro atoms. The number of anilines is 1. The molecule has 0 fully saturated rings. The Morgan fingerprint density at radius 2 is 2.14 bits per heavy atom. The van der Waals surface area contributed by atoms with Crippen molar-refractivity contribution >= 4 is 34.7 Å². The third-order valence-electron chi connectivity index (χ3n) is 5.24. The first-order valence-corrected chi connectivity index (χ1v) is 11.7. The molecule has 0 aliphatic rings. The first-order valence-electron chi connectivity index (χ1n) is 10.5. The standard InChI is InChI=1S/C23H18ClN5O6S/c1-33-20-18(15-6-7-28(23(32)19(15)30)11-13-3-2-8-34-13)27-29(22(31)16-10-25-12-35-16)21(20)26-9-14-4-5-17(24)36-14/h2-8,10,12,26,30H,9,11H2,1H3. The predicted molar refractivity (Wildman–Crippen MR) is 131 cm³/mol. The Morgan fingerprint density at radius 1 is 1.28 bits per heavy atom. The summed E-state index contributed by atoms with van der Waals surface area (Å²) in [6.07, 6.45) is 5.38. The number of nitrogens with one attached hydrogen (secondary N) is 1. The van der Waals surface area contributed by atoms with Gasteiger partial charge in [-0.1, -0.05) is 11.6 Å². The van der Waals surface area contributed by atoms with E-state index >= 15 is 0 Å². The van der Waals surface area contributed by atoms with Crippen LogP contribution in [0.1, 0.15) is 21.2 Å². The van der Waals surface area contributed by atoms with Gasteiger partial charge in [0, 0.05) is 11.1 Å². The maximum Gasteiger partial charge on any atom is 0.317 e. The summed E-state index contributed by atoms with van der Waals surface area (Å²) in [4.78, 5) is 30.7. The number of carbonyl (C=O) groups excluding carboxylic acids is 1. The van der Waals surface area contributed by atoms with Crippen LogP contribution in [0.2, 0.25) is 4.34 Å². The van der Waals surface area contributed by atoms with E-state index in [4.69, 9.17) is 25.2 Å². The van der Waals surface area contributed by atoms with Crippen molar-refractivity contribution in [2.75, 3.05) is 12.4 Å². The van der Waals surface area contributed by atoms with Crippen molar-refractivity contribution in [2.24, 2.45) is 0 Å². The van der Waals surface area contributed by atoms with E-state index in [1.165, 1.54) is 47.7 Å². The van der Waals surface area contributed by atoms with E-state index in [1.807, 2.05) is 6.07 Å². The smallest absolute Gasteiger partial charge is 0.317 e. The molecule has 0 aromatic carbocycles. The Bertz CT molecular complexity index is 1570. The maximum absolute atomic E-state index is 13.2. The number of methoxy groups -OCH3 is 1. The van der Waals surface area contributed by atoms with Gasteiger partial charge in [-0.2, -0.15) is 9.78 Å². The van der Waals surface area contributed by atoms with E-state index < -0.39 is 17.2 Å². The summed E-state index contributed by atoms with van der Waals surface area (Å²) in [5, 5.41) is 18.3. The molecule has 5 heterocycles. The minimum atomic E-state index is -0.662. The predicted octanol–water partition coefficient (Wildman–Crippen LogP) is 4.07. The average molecular weight is 528 g/mol. The number of hydrogen-bond acceptors (Lipinski definition) is 10. The van der Waals surface area contributed by atoms with Gasteiger partial charge in [0.2, 0.25) is 5.76 Å². The molecule has 0 aliphatic carbocycles. The van der Waals surface area contributed by atoms with Crippen LogP contribution in [0.25, 0.3) is 11.3 Å². The number of hydrogen-bond donors (Lipinski definition) is 2. The number of thiophene rings is 1. The fraction of sp³-hybridized carbons (Fsp3) is 0.130. The highest BCUT2D eigenvalue weighted by atomic mass is 35.5. The van der Waals surface area contributed by atoms with Crippen molar-refractivity contribution in [3.63, 3.8) is 0 Å². The van der Waals surface area contributed by atoms with Crippen LogP contribution < -0.4 is 15.6 Å².